The van der Waals surface area contributed by atoms with Crippen LogP contribution in [0.4, 0.5) is 0 Å². The third kappa shape index (κ3) is 4.33. The Morgan fingerprint density at radius 3 is 2.88 bits per heavy atom. The van der Waals surface area contributed by atoms with E-state index in [9.17, 15) is 13.2 Å². The molecule has 0 atom stereocenters. The lowest BCUT2D eigenvalue weighted by Gasteiger charge is -2.03. The average molecular weight is 260 g/mol. The third-order valence-corrected chi connectivity index (χ3v) is 3.08. The first-order chi connectivity index (χ1) is 7.94. The molecule has 0 spiro atoms. The molecular weight excluding hydrogens is 248 g/mol. The van der Waals surface area contributed by atoms with Gasteiger partial charge in [-0.3, -0.25) is 4.68 Å². The van der Waals surface area contributed by atoms with Gasteiger partial charge in [-0.05, 0) is 0 Å². The van der Waals surface area contributed by atoms with Crippen molar-refractivity contribution in [3.05, 3.63) is 24.5 Å². The summed E-state index contributed by atoms with van der Waals surface area (Å²) < 4.78 is 26.0. The van der Waals surface area contributed by atoms with Gasteiger partial charge in [0.25, 0.3) is 0 Å². The van der Waals surface area contributed by atoms with E-state index in [1.165, 1.54) is 17.0 Å². The van der Waals surface area contributed by atoms with Crippen LogP contribution in [0.5, 0.6) is 0 Å². The van der Waals surface area contributed by atoms with Gasteiger partial charge in [-0.2, -0.15) is 0 Å². The number of carbonyl (C=O) groups is 1. The zero-order valence-corrected chi connectivity index (χ0v) is 9.72. The van der Waals surface area contributed by atoms with Crippen molar-refractivity contribution >= 4 is 16.0 Å². The van der Waals surface area contributed by atoms with Crippen LogP contribution in [0.2, 0.25) is 0 Å². The SMILES string of the molecule is C=CCS(=O)(=O)NCCn1cc(C(=O)O)nn1. The molecule has 0 aliphatic rings. The van der Waals surface area contributed by atoms with Gasteiger partial charge in [0, 0.05) is 6.54 Å². The summed E-state index contributed by atoms with van der Waals surface area (Å²) in [6.45, 7) is 3.64. The summed E-state index contributed by atoms with van der Waals surface area (Å²) in [6, 6.07) is 0. The van der Waals surface area contributed by atoms with Gasteiger partial charge in [-0.15, -0.1) is 11.7 Å². The van der Waals surface area contributed by atoms with E-state index in [1.54, 1.807) is 0 Å². The van der Waals surface area contributed by atoms with Crippen LogP contribution >= 0.6 is 0 Å². The van der Waals surface area contributed by atoms with E-state index in [4.69, 9.17) is 5.11 Å². The summed E-state index contributed by atoms with van der Waals surface area (Å²) in [5.41, 5.74) is -0.182. The molecule has 0 saturated carbocycles. The minimum atomic E-state index is -3.36. The van der Waals surface area contributed by atoms with Gasteiger partial charge < -0.3 is 5.11 Å². The van der Waals surface area contributed by atoms with Crippen molar-refractivity contribution in [2.24, 2.45) is 0 Å². The molecule has 0 radical (unpaired) electrons. The zero-order chi connectivity index (χ0) is 12.9. The molecular formula is C8H12N4O4S. The second-order valence-electron chi connectivity index (χ2n) is 3.14. The Kier molecular flexibility index (Phi) is 4.35. The van der Waals surface area contributed by atoms with Gasteiger partial charge in [0.2, 0.25) is 10.0 Å². The molecule has 2 N–H and O–H groups in total. The molecule has 0 aliphatic carbocycles. The first-order valence-electron chi connectivity index (χ1n) is 4.66. The molecule has 8 nitrogen and oxygen atoms in total. The van der Waals surface area contributed by atoms with Crippen LogP contribution in [0.15, 0.2) is 18.9 Å². The van der Waals surface area contributed by atoms with Crippen molar-refractivity contribution in [3.8, 4) is 0 Å². The molecule has 1 aromatic rings. The Bertz CT molecular complexity index is 507. The summed E-state index contributed by atoms with van der Waals surface area (Å²) in [5.74, 6) is -1.34. The molecule has 9 heteroatoms. The number of carboxylic acids is 1. The fourth-order valence-electron chi connectivity index (χ4n) is 1.04. The molecule has 1 rings (SSSR count). The van der Waals surface area contributed by atoms with Crippen LogP contribution in [-0.4, -0.2) is 46.8 Å². The quantitative estimate of drug-likeness (QED) is 0.613. The molecule has 0 unspecified atom stereocenters. The number of nitrogens with zero attached hydrogens (tertiary/aromatic N) is 3. The summed E-state index contributed by atoms with van der Waals surface area (Å²) in [5, 5.41) is 15.5. The highest BCUT2D eigenvalue weighted by atomic mass is 32.2. The van der Waals surface area contributed by atoms with Crippen molar-refractivity contribution in [1.29, 1.82) is 0 Å². The number of hydrogen-bond acceptors (Lipinski definition) is 5. The minimum absolute atomic E-state index is 0.110. The van der Waals surface area contributed by atoms with Gasteiger partial charge in [-0.1, -0.05) is 11.3 Å². The van der Waals surface area contributed by atoms with E-state index in [2.05, 4.69) is 21.6 Å². The van der Waals surface area contributed by atoms with Crippen LogP contribution in [0.25, 0.3) is 0 Å². The average Bonchev–Trinajstić information content (AvgIpc) is 2.66. The van der Waals surface area contributed by atoms with Crippen LogP contribution in [0, 0.1) is 0 Å². The van der Waals surface area contributed by atoms with Crippen molar-refractivity contribution in [1.82, 2.24) is 19.7 Å². The molecule has 0 aromatic carbocycles. The highest BCUT2D eigenvalue weighted by Crippen LogP contribution is 1.92. The van der Waals surface area contributed by atoms with E-state index in [0.29, 0.717) is 0 Å². The molecule has 0 saturated heterocycles. The second-order valence-corrected chi connectivity index (χ2v) is 4.99. The number of hydrogen-bond donors (Lipinski definition) is 2. The minimum Gasteiger partial charge on any atom is -0.476 e. The van der Waals surface area contributed by atoms with Gasteiger partial charge in [-0.25, -0.2) is 17.9 Å². The van der Waals surface area contributed by atoms with Gasteiger partial charge in [0.1, 0.15) is 0 Å². The smallest absolute Gasteiger partial charge is 0.358 e. The summed E-state index contributed by atoms with van der Waals surface area (Å²) in [4.78, 5) is 10.5. The number of aromatic nitrogens is 3. The third-order valence-electron chi connectivity index (χ3n) is 1.76. The predicted molar refractivity (Wildman–Crippen MR) is 59.0 cm³/mol. The fraction of sp³-hybridized carbons (Fsp3) is 0.375. The Hall–Kier alpha value is -1.74. The van der Waals surface area contributed by atoms with E-state index in [1.807, 2.05) is 0 Å². The maximum atomic E-state index is 11.2. The molecule has 1 aromatic heterocycles. The molecule has 0 bridgehead atoms. The summed E-state index contributed by atoms with van der Waals surface area (Å²) >= 11 is 0. The predicted octanol–water partition coefficient (Wildman–Crippen LogP) is -0.918. The molecule has 94 valence electrons. The van der Waals surface area contributed by atoms with E-state index in [-0.39, 0.29) is 24.5 Å². The molecule has 0 fully saturated rings. The monoisotopic (exact) mass is 260 g/mol. The van der Waals surface area contributed by atoms with Crippen molar-refractivity contribution < 1.29 is 18.3 Å². The highest BCUT2D eigenvalue weighted by Gasteiger charge is 2.09. The van der Waals surface area contributed by atoms with Crippen LogP contribution in [0.3, 0.4) is 0 Å². The number of carboxylic acid groups (broad SMARTS) is 1. The van der Waals surface area contributed by atoms with E-state index in [0.717, 1.165) is 0 Å². The van der Waals surface area contributed by atoms with Crippen LogP contribution < -0.4 is 4.72 Å². The van der Waals surface area contributed by atoms with Crippen molar-refractivity contribution in [3.63, 3.8) is 0 Å². The number of rotatable bonds is 7. The van der Waals surface area contributed by atoms with Crippen LogP contribution in [0.1, 0.15) is 10.5 Å². The first-order valence-corrected chi connectivity index (χ1v) is 6.31. The van der Waals surface area contributed by atoms with Crippen LogP contribution in [-0.2, 0) is 16.6 Å². The van der Waals surface area contributed by atoms with Gasteiger partial charge in [0.15, 0.2) is 5.69 Å². The van der Waals surface area contributed by atoms with Crippen molar-refractivity contribution in [2.45, 2.75) is 6.54 Å². The molecule has 17 heavy (non-hydrogen) atoms. The number of nitrogens with one attached hydrogen (secondary N) is 1. The first kappa shape index (κ1) is 13.3. The fourth-order valence-corrected chi connectivity index (χ4v) is 1.87. The molecule has 0 amide bonds. The largest absolute Gasteiger partial charge is 0.476 e. The lowest BCUT2D eigenvalue weighted by molar-refractivity contribution is 0.0690. The topological polar surface area (TPSA) is 114 Å². The lowest BCUT2D eigenvalue weighted by Crippen LogP contribution is -2.29. The van der Waals surface area contributed by atoms with E-state index >= 15 is 0 Å². The maximum absolute atomic E-state index is 11.2. The van der Waals surface area contributed by atoms with Gasteiger partial charge >= 0.3 is 5.97 Å². The number of aromatic carboxylic acids is 1. The lowest BCUT2D eigenvalue weighted by atomic mass is 10.5. The second kappa shape index (κ2) is 5.55. The van der Waals surface area contributed by atoms with Gasteiger partial charge in [0.05, 0.1) is 18.5 Å². The Morgan fingerprint density at radius 1 is 1.65 bits per heavy atom. The Balaban J connectivity index is 2.46. The molecule has 1 heterocycles. The van der Waals surface area contributed by atoms with Crippen molar-refractivity contribution in [2.75, 3.05) is 12.3 Å². The standard InChI is InChI=1S/C8H12N4O4S/c1-2-5-17(15,16)9-3-4-12-6-7(8(13)14)10-11-12/h2,6,9H,1,3-5H2,(H,13,14). The highest BCUT2D eigenvalue weighted by molar-refractivity contribution is 7.89. The molecule has 0 aliphatic heterocycles. The normalized spacial score (nSPS) is 11.3. The summed E-state index contributed by atoms with van der Waals surface area (Å²) in [7, 11) is -3.36. The Labute approximate surface area is 98.0 Å². The Morgan fingerprint density at radius 2 is 2.35 bits per heavy atom. The zero-order valence-electron chi connectivity index (χ0n) is 8.90. The summed E-state index contributed by atoms with van der Waals surface area (Å²) in [6.07, 6.45) is 2.50. The van der Waals surface area contributed by atoms with E-state index < -0.39 is 16.0 Å². The number of sulfonamides is 1. The maximum Gasteiger partial charge on any atom is 0.358 e.